The Kier molecular flexibility index (Phi) is 3.92. The summed E-state index contributed by atoms with van der Waals surface area (Å²) < 4.78 is 0. The van der Waals surface area contributed by atoms with Crippen LogP contribution in [0.3, 0.4) is 0 Å². The molecule has 0 saturated carbocycles. The van der Waals surface area contributed by atoms with Gasteiger partial charge in [-0.15, -0.1) is 11.3 Å². The van der Waals surface area contributed by atoms with Crippen molar-refractivity contribution in [2.75, 3.05) is 5.73 Å². The zero-order valence-corrected chi connectivity index (χ0v) is 12.3. The maximum Gasteiger partial charge on any atom is 0.105 e. The zero-order chi connectivity index (χ0) is 14.0. The summed E-state index contributed by atoms with van der Waals surface area (Å²) in [7, 11) is 0. The van der Waals surface area contributed by atoms with Crippen molar-refractivity contribution < 1.29 is 0 Å². The average molecular weight is 270 g/mol. The third-order valence-electron chi connectivity index (χ3n) is 3.11. The maximum absolute atomic E-state index is 9.22. The molecule has 3 heteroatoms. The van der Waals surface area contributed by atoms with Crippen LogP contribution in [-0.4, -0.2) is 0 Å². The van der Waals surface area contributed by atoms with Crippen LogP contribution in [0.25, 0.3) is 11.1 Å². The van der Waals surface area contributed by atoms with Crippen molar-refractivity contribution in [3.05, 3.63) is 40.3 Å². The van der Waals surface area contributed by atoms with Gasteiger partial charge in [-0.2, -0.15) is 5.26 Å². The number of benzene rings is 1. The molecule has 0 aliphatic heterocycles. The molecule has 1 aromatic heterocycles. The van der Waals surface area contributed by atoms with E-state index in [1.807, 2.05) is 6.92 Å². The highest BCUT2D eigenvalue weighted by Crippen LogP contribution is 2.37. The van der Waals surface area contributed by atoms with Crippen LogP contribution >= 0.6 is 11.3 Å². The van der Waals surface area contributed by atoms with Crippen molar-refractivity contribution in [3.63, 3.8) is 0 Å². The molecule has 0 aliphatic carbocycles. The average Bonchev–Trinajstić information content (AvgIpc) is 2.64. The lowest BCUT2D eigenvalue weighted by Crippen LogP contribution is -1.93. The Morgan fingerprint density at radius 2 is 1.89 bits per heavy atom. The molecule has 1 heterocycles. The second-order valence-corrected chi connectivity index (χ2v) is 6.44. The molecular weight excluding hydrogens is 252 g/mol. The first-order valence-electron chi connectivity index (χ1n) is 6.41. The van der Waals surface area contributed by atoms with Crippen LogP contribution in [0, 0.1) is 24.2 Å². The standard InChI is InChI=1S/C16H18N2S/c1-10(2)8-12-4-6-13(7-5-12)15-11(3)19-16(18)14(15)9-17/h4-7,10H,8,18H2,1-3H3. The first-order valence-corrected chi connectivity index (χ1v) is 7.22. The smallest absolute Gasteiger partial charge is 0.105 e. The third-order valence-corrected chi connectivity index (χ3v) is 4.04. The third kappa shape index (κ3) is 2.80. The number of nitrogens with two attached hydrogens (primary N) is 1. The Hall–Kier alpha value is -1.79. The van der Waals surface area contributed by atoms with Gasteiger partial charge in [-0.05, 0) is 30.4 Å². The first kappa shape index (κ1) is 13.6. The predicted octanol–water partition coefficient (Wildman–Crippen LogP) is 4.38. The summed E-state index contributed by atoms with van der Waals surface area (Å²) in [6.45, 7) is 6.44. The van der Waals surface area contributed by atoms with Crippen molar-refractivity contribution in [3.8, 4) is 17.2 Å². The Bertz CT molecular complexity index is 615. The molecule has 2 N–H and O–H groups in total. The minimum atomic E-state index is 0.610. The van der Waals surface area contributed by atoms with E-state index in [0.29, 0.717) is 16.5 Å². The van der Waals surface area contributed by atoms with E-state index in [0.717, 1.165) is 22.4 Å². The molecule has 0 radical (unpaired) electrons. The fraction of sp³-hybridized carbons (Fsp3) is 0.312. The molecule has 19 heavy (non-hydrogen) atoms. The van der Waals surface area contributed by atoms with Crippen LogP contribution in [-0.2, 0) is 6.42 Å². The zero-order valence-electron chi connectivity index (χ0n) is 11.5. The van der Waals surface area contributed by atoms with Crippen molar-refractivity contribution in [2.45, 2.75) is 27.2 Å². The van der Waals surface area contributed by atoms with Crippen molar-refractivity contribution in [1.29, 1.82) is 5.26 Å². The highest BCUT2D eigenvalue weighted by atomic mass is 32.1. The minimum Gasteiger partial charge on any atom is -0.389 e. The van der Waals surface area contributed by atoms with Crippen LogP contribution in [0.5, 0.6) is 0 Å². The second-order valence-electron chi connectivity index (χ2n) is 5.18. The summed E-state index contributed by atoms with van der Waals surface area (Å²) in [4.78, 5) is 1.10. The van der Waals surface area contributed by atoms with E-state index in [1.165, 1.54) is 16.9 Å². The Labute approximate surface area is 118 Å². The van der Waals surface area contributed by atoms with Crippen LogP contribution in [0.1, 0.15) is 29.9 Å². The van der Waals surface area contributed by atoms with Crippen molar-refractivity contribution in [1.82, 2.24) is 0 Å². The van der Waals surface area contributed by atoms with Gasteiger partial charge in [0.15, 0.2) is 0 Å². The summed E-state index contributed by atoms with van der Waals surface area (Å²) in [6, 6.07) is 10.7. The van der Waals surface area contributed by atoms with Crippen molar-refractivity contribution >= 4 is 16.3 Å². The summed E-state index contributed by atoms with van der Waals surface area (Å²) in [6.07, 6.45) is 1.08. The van der Waals surface area contributed by atoms with Gasteiger partial charge in [0.2, 0.25) is 0 Å². The molecule has 2 rings (SSSR count). The summed E-state index contributed by atoms with van der Waals surface area (Å²) >= 11 is 1.49. The van der Waals surface area contributed by atoms with E-state index >= 15 is 0 Å². The Morgan fingerprint density at radius 1 is 1.26 bits per heavy atom. The molecule has 98 valence electrons. The summed E-state index contributed by atoms with van der Waals surface area (Å²) in [5, 5.41) is 9.84. The molecule has 0 fully saturated rings. The number of anilines is 1. The lowest BCUT2D eigenvalue weighted by atomic mass is 9.97. The van der Waals surface area contributed by atoms with E-state index in [1.54, 1.807) is 0 Å². The number of nitrogen functional groups attached to an aromatic ring is 1. The Balaban J connectivity index is 2.41. The van der Waals surface area contributed by atoms with Crippen LogP contribution in [0.4, 0.5) is 5.00 Å². The van der Waals surface area contributed by atoms with E-state index < -0.39 is 0 Å². The summed E-state index contributed by atoms with van der Waals surface area (Å²) in [5.41, 5.74) is 9.89. The van der Waals surface area contributed by atoms with Gasteiger partial charge >= 0.3 is 0 Å². The molecule has 2 nitrogen and oxygen atoms in total. The van der Waals surface area contributed by atoms with Gasteiger partial charge in [0.05, 0.1) is 5.56 Å². The van der Waals surface area contributed by atoms with Crippen LogP contribution in [0.15, 0.2) is 24.3 Å². The number of thiophene rings is 1. The van der Waals surface area contributed by atoms with Gasteiger partial charge in [-0.3, -0.25) is 0 Å². The monoisotopic (exact) mass is 270 g/mol. The van der Waals surface area contributed by atoms with Crippen LogP contribution < -0.4 is 5.73 Å². The van der Waals surface area contributed by atoms with Gasteiger partial charge in [0.1, 0.15) is 11.1 Å². The molecule has 0 amide bonds. The quantitative estimate of drug-likeness (QED) is 0.900. The van der Waals surface area contributed by atoms with Crippen molar-refractivity contribution in [2.24, 2.45) is 5.92 Å². The fourth-order valence-electron chi connectivity index (χ4n) is 2.30. The van der Waals surface area contributed by atoms with Gasteiger partial charge in [-0.25, -0.2) is 0 Å². The van der Waals surface area contributed by atoms with Gasteiger partial charge < -0.3 is 5.73 Å². The van der Waals surface area contributed by atoms with Gasteiger partial charge in [-0.1, -0.05) is 38.1 Å². The molecule has 0 spiro atoms. The maximum atomic E-state index is 9.22. The number of nitrogens with zero attached hydrogens (tertiary/aromatic N) is 1. The number of hydrogen-bond acceptors (Lipinski definition) is 3. The SMILES string of the molecule is Cc1sc(N)c(C#N)c1-c1ccc(CC(C)C)cc1. The normalized spacial score (nSPS) is 10.7. The minimum absolute atomic E-state index is 0.610. The molecule has 1 aromatic carbocycles. The number of rotatable bonds is 3. The highest BCUT2D eigenvalue weighted by molar-refractivity contribution is 7.16. The lowest BCUT2D eigenvalue weighted by molar-refractivity contribution is 0.647. The highest BCUT2D eigenvalue weighted by Gasteiger charge is 2.15. The summed E-state index contributed by atoms with van der Waals surface area (Å²) in [5.74, 6) is 0.652. The molecule has 0 saturated heterocycles. The number of hydrogen-bond donors (Lipinski definition) is 1. The number of aryl methyl sites for hydroxylation is 1. The van der Waals surface area contributed by atoms with E-state index in [4.69, 9.17) is 5.73 Å². The molecular formula is C16H18N2S. The van der Waals surface area contributed by atoms with E-state index in [-0.39, 0.29) is 0 Å². The largest absolute Gasteiger partial charge is 0.389 e. The topological polar surface area (TPSA) is 49.8 Å². The lowest BCUT2D eigenvalue weighted by Gasteiger charge is -2.07. The van der Waals surface area contributed by atoms with Crippen LogP contribution in [0.2, 0.25) is 0 Å². The van der Waals surface area contributed by atoms with Gasteiger partial charge in [0.25, 0.3) is 0 Å². The number of nitriles is 1. The molecule has 2 aromatic rings. The molecule has 0 atom stereocenters. The Morgan fingerprint density at radius 3 is 2.42 bits per heavy atom. The van der Waals surface area contributed by atoms with E-state index in [9.17, 15) is 5.26 Å². The van der Waals surface area contributed by atoms with Gasteiger partial charge in [0, 0.05) is 10.4 Å². The van der Waals surface area contributed by atoms with E-state index in [2.05, 4.69) is 44.2 Å². The molecule has 0 aliphatic rings. The molecule has 0 unspecified atom stereocenters. The first-order chi connectivity index (χ1) is 9.02. The fourth-order valence-corrected chi connectivity index (χ4v) is 3.21. The predicted molar refractivity (Wildman–Crippen MR) is 82.2 cm³/mol. The second kappa shape index (κ2) is 5.46. The molecule has 0 bridgehead atoms.